The summed E-state index contributed by atoms with van der Waals surface area (Å²) in [4.78, 5) is 3.99. The fraction of sp³-hybridized carbons (Fsp3) is 0.0769. The summed E-state index contributed by atoms with van der Waals surface area (Å²) in [5.41, 5.74) is 3.34. The van der Waals surface area contributed by atoms with Gasteiger partial charge in [0.25, 0.3) is 0 Å². The van der Waals surface area contributed by atoms with Crippen LogP contribution in [0.2, 0.25) is 0 Å². The molecule has 0 unspecified atom stereocenters. The van der Waals surface area contributed by atoms with E-state index >= 15 is 0 Å². The van der Waals surface area contributed by atoms with E-state index in [1.165, 1.54) is 5.56 Å². The molecule has 0 aliphatic heterocycles. The second-order valence-corrected chi connectivity index (χ2v) is 3.88. The van der Waals surface area contributed by atoms with Crippen LogP contribution < -0.4 is 5.32 Å². The van der Waals surface area contributed by atoms with Gasteiger partial charge in [0.05, 0.1) is 11.7 Å². The molecule has 2 aromatic heterocycles. The van der Waals surface area contributed by atoms with Crippen LogP contribution >= 0.6 is 0 Å². The number of benzene rings is 1. The number of nitrogens with one attached hydrogen (secondary N) is 2. The summed E-state index contributed by atoms with van der Waals surface area (Å²) in [5, 5.41) is 11.4. The zero-order chi connectivity index (χ0) is 11.5. The molecule has 4 nitrogen and oxygen atoms in total. The van der Waals surface area contributed by atoms with Gasteiger partial charge in [-0.2, -0.15) is 5.10 Å². The lowest BCUT2D eigenvalue weighted by Crippen LogP contribution is -1.98. The molecule has 2 heterocycles. The van der Waals surface area contributed by atoms with Gasteiger partial charge in [-0.25, -0.2) is 0 Å². The number of fused-ring (bicyclic) bond motifs is 1. The van der Waals surface area contributed by atoms with E-state index in [0.717, 1.165) is 23.1 Å². The summed E-state index contributed by atoms with van der Waals surface area (Å²) in [6, 6.07) is 10.2. The van der Waals surface area contributed by atoms with Crippen molar-refractivity contribution in [3.8, 4) is 0 Å². The highest BCUT2D eigenvalue weighted by molar-refractivity contribution is 5.81. The van der Waals surface area contributed by atoms with Crippen molar-refractivity contribution < 1.29 is 0 Å². The first-order valence-corrected chi connectivity index (χ1v) is 5.48. The van der Waals surface area contributed by atoms with Gasteiger partial charge in [0, 0.05) is 30.0 Å². The molecule has 0 radical (unpaired) electrons. The molecule has 84 valence electrons. The molecule has 3 aromatic rings. The summed E-state index contributed by atoms with van der Waals surface area (Å²) in [5.74, 6) is 0. The van der Waals surface area contributed by atoms with Crippen LogP contribution in [0, 0.1) is 0 Å². The molecule has 0 saturated heterocycles. The molecule has 0 fully saturated rings. The number of aromatic nitrogens is 3. The summed E-state index contributed by atoms with van der Waals surface area (Å²) in [7, 11) is 0. The molecule has 0 aliphatic rings. The largest absolute Gasteiger partial charge is 0.381 e. The van der Waals surface area contributed by atoms with Crippen molar-refractivity contribution in [2.24, 2.45) is 0 Å². The number of aromatic amines is 1. The topological polar surface area (TPSA) is 53.6 Å². The Morgan fingerprint density at radius 1 is 1.12 bits per heavy atom. The highest BCUT2D eigenvalue weighted by Gasteiger charge is 1.97. The molecule has 0 bridgehead atoms. The molecule has 2 N–H and O–H groups in total. The van der Waals surface area contributed by atoms with E-state index in [9.17, 15) is 0 Å². The number of anilines is 1. The van der Waals surface area contributed by atoms with Crippen molar-refractivity contribution in [3.63, 3.8) is 0 Å². The quantitative estimate of drug-likeness (QED) is 0.719. The Kier molecular flexibility index (Phi) is 2.46. The SMILES string of the molecule is c1cc(CNc2ccc3cn[nH]c3c2)ccn1. The van der Waals surface area contributed by atoms with Gasteiger partial charge in [0.1, 0.15) is 0 Å². The minimum atomic E-state index is 0.794. The molecule has 3 rings (SSSR count). The van der Waals surface area contributed by atoms with Gasteiger partial charge in [-0.1, -0.05) is 0 Å². The van der Waals surface area contributed by atoms with Crippen LogP contribution in [0.1, 0.15) is 5.56 Å². The Hall–Kier alpha value is -2.36. The predicted octanol–water partition coefficient (Wildman–Crippen LogP) is 2.57. The molecule has 4 heteroatoms. The van der Waals surface area contributed by atoms with Crippen molar-refractivity contribution in [1.82, 2.24) is 15.2 Å². The second-order valence-electron chi connectivity index (χ2n) is 3.88. The van der Waals surface area contributed by atoms with Gasteiger partial charge in [0.15, 0.2) is 0 Å². The third-order valence-electron chi connectivity index (χ3n) is 2.69. The van der Waals surface area contributed by atoms with E-state index in [1.54, 1.807) is 12.4 Å². The predicted molar refractivity (Wildman–Crippen MR) is 67.7 cm³/mol. The normalized spacial score (nSPS) is 10.6. The summed E-state index contributed by atoms with van der Waals surface area (Å²) in [6.07, 6.45) is 5.42. The standard InChI is InChI=1S/C13H12N4/c1-2-12(7-13-11(1)9-16-17-13)15-8-10-3-5-14-6-4-10/h1-7,9,15H,8H2,(H,16,17). The Morgan fingerprint density at radius 2 is 2.00 bits per heavy atom. The number of hydrogen-bond donors (Lipinski definition) is 2. The van der Waals surface area contributed by atoms with Crippen LogP contribution in [-0.2, 0) is 6.54 Å². The van der Waals surface area contributed by atoms with Crippen molar-refractivity contribution >= 4 is 16.6 Å². The minimum Gasteiger partial charge on any atom is -0.381 e. The van der Waals surface area contributed by atoms with Gasteiger partial charge in [0.2, 0.25) is 0 Å². The monoisotopic (exact) mass is 224 g/mol. The highest BCUT2D eigenvalue weighted by atomic mass is 15.1. The van der Waals surface area contributed by atoms with Crippen molar-refractivity contribution in [1.29, 1.82) is 0 Å². The summed E-state index contributed by atoms with van der Waals surface area (Å²) < 4.78 is 0. The van der Waals surface area contributed by atoms with E-state index in [4.69, 9.17) is 0 Å². The average Bonchev–Trinajstić information content (AvgIpc) is 2.85. The molecule has 17 heavy (non-hydrogen) atoms. The van der Waals surface area contributed by atoms with Gasteiger partial charge >= 0.3 is 0 Å². The number of nitrogens with zero attached hydrogens (tertiary/aromatic N) is 2. The maximum atomic E-state index is 4.00. The fourth-order valence-electron chi connectivity index (χ4n) is 1.75. The first kappa shape index (κ1) is 9.84. The molecule has 0 atom stereocenters. The van der Waals surface area contributed by atoms with Crippen LogP contribution in [0.25, 0.3) is 10.9 Å². The molecular formula is C13H12N4. The third kappa shape index (κ3) is 2.10. The molecular weight excluding hydrogens is 212 g/mol. The summed E-state index contributed by atoms with van der Waals surface area (Å²) in [6.45, 7) is 0.794. The van der Waals surface area contributed by atoms with Crippen LogP contribution in [0.5, 0.6) is 0 Å². The van der Waals surface area contributed by atoms with Crippen molar-refractivity contribution in [2.75, 3.05) is 5.32 Å². The Morgan fingerprint density at radius 3 is 2.88 bits per heavy atom. The number of pyridine rings is 1. The molecule has 0 aliphatic carbocycles. The van der Waals surface area contributed by atoms with Crippen LogP contribution in [0.4, 0.5) is 5.69 Å². The zero-order valence-corrected chi connectivity index (χ0v) is 9.22. The number of rotatable bonds is 3. The number of H-pyrrole nitrogens is 1. The molecule has 0 saturated carbocycles. The van der Waals surface area contributed by atoms with Crippen LogP contribution in [0.3, 0.4) is 0 Å². The maximum Gasteiger partial charge on any atom is 0.0670 e. The first-order chi connectivity index (χ1) is 8.42. The average molecular weight is 224 g/mol. The van der Waals surface area contributed by atoms with Crippen molar-refractivity contribution in [3.05, 3.63) is 54.5 Å². The summed E-state index contributed by atoms with van der Waals surface area (Å²) >= 11 is 0. The van der Waals surface area contributed by atoms with Gasteiger partial charge in [-0.3, -0.25) is 10.1 Å². The zero-order valence-electron chi connectivity index (χ0n) is 9.22. The molecule has 0 amide bonds. The Bertz CT molecular complexity index is 615. The van der Waals surface area contributed by atoms with E-state index in [2.05, 4.69) is 32.6 Å². The van der Waals surface area contributed by atoms with Gasteiger partial charge in [-0.15, -0.1) is 0 Å². The second kappa shape index (κ2) is 4.25. The van der Waals surface area contributed by atoms with Crippen LogP contribution in [-0.4, -0.2) is 15.2 Å². The molecule has 1 aromatic carbocycles. The van der Waals surface area contributed by atoms with E-state index in [-0.39, 0.29) is 0 Å². The minimum absolute atomic E-state index is 0.794. The van der Waals surface area contributed by atoms with Crippen LogP contribution in [0.15, 0.2) is 48.9 Å². The number of hydrogen-bond acceptors (Lipinski definition) is 3. The van der Waals surface area contributed by atoms with E-state index < -0.39 is 0 Å². The third-order valence-corrected chi connectivity index (χ3v) is 2.69. The van der Waals surface area contributed by atoms with E-state index in [1.807, 2.05) is 24.4 Å². The lowest BCUT2D eigenvalue weighted by molar-refractivity contribution is 1.11. The lowest BCUT2D eigenvalue weighted by Gasteiger charge is -2.06. The lowest BCUT2D eigenvalue weighted by atomic mass is 10.2. The first-order valence-electron chi connectivity index (χ1n) is 5.48. The molecule has 0 spiro atoms. The van der Waals surface area contributed by atoms with Gasteiger partial charge in [-0.05, 0) is 35.9 Å². The smallest absolute Gasteiger partial charge is 0.0670 e. The van der Waals surface area contributed by atoms with Gasteiger partial charge < -0.3 is 5.32 Å². The Labute approximate surface area is 98.7 Å². The Balaban J connectivity index is 1.76. The van der Waals surface area contributed by atoms with Crippen molar-refractivity contribution in [2.45, 2.75) is 6.54 Å². The maximum absolute atomic E-state index is 4.00. The van der Waals surface area contributed by atoms with E-state index in [0.29, 0.717) is 0 Å². The fourth-order valence-corrected chi connectivity index (χ4v) is 1.75. The highest BCUT2D eigenvalue weighted by Crippen LogP contribution is 2.17.